The van der Waals surface area contributed by atoms with Gasteiger partial charge >= 0.3 is 0 Å². The van der Waals surface area contributed by atoms with Crippen molar-refractivity contribution in [3.05, 3.63) is 60.8 Å². The second kappa shape index (κ2) is 4.63. The van der Waals surface area contributed by atoms with Crippen molar-refractivity contribution < 1.29 is 0 Å². The van der Waals surface area contributed by atoms with Crippen LogP contribution >= 0.6 is 0 Å². The first-order valence-electron chi connectivity index (χ1n) is 6.86. The Morgan fingerprint density at radius 3 is 3.05 bits per heavy atom. The summed E-state index contributed by atoms with van der Waals surface area (Å²) in [6, 6.07) is 8.43. The van der Waals surface area contributed by atoms with E-state index < -0.39 is 0 Å². The van der Waals surface area contributed by atoms with E-state index in [1.165, 1.54) is 5.39 Å². The number of aromatic amines is 1. The summed E-state index contributed by atoms with van der Waals surface area (Å²) in [6.45, 7) is 0.770. The summed E-state index contributed by atoms with van der Waals surface area (Å²) in [5.41, 5.74) is 3.40. The first-order valence-corrected chi connectivity index (χ1v) is 6.86. The second-order valence-electron chi connectivity index (χ2n) is 5.18. The molecule has 0 amide bonds. The Kier molecular flexibility index (Phi) is 2.64. The molecule has 0 fully saturated rings. The molecule has 3 heterocycles. The molecular formula is C16H15N5. The van der Waals surface area contributed by atoms with E-state index in [9.17, 15) is 0 Å². The molecule has 0 spiro atoms. The number of hydrogen-bond donors (Lipinski definition) is 1. The molecule has 3 aromatic heterocycles. The van der Waals surface area contributed by atoms with Crippen molar-refractivity contribution in [1.29, 1.82) is 0 Å². The number of aromatic nitrogens is 5. The third-order valence-corrected chi connectivity index (χ3v) is 3.64. The maximum atomic E-state index is 4.50. The number of fused-ring (bicyclic) bond motifs is 1. The van der Waals surface area contributed by atoms with Crippen molar-refractivity contribution in [2.45, 2.75) is 6.54 Å². The minimum atomic E-state index is 0.770. The zero-order valence-electron chi connectivity index (χ0n) is 11.7. The van der Waals surface area contributed by atoms with E-state index in [4.69, 9.17) is 0 Å². The van der Waals surface area contributed by atoms with Crippen LogP contribution in [0.4, 0.5) is 0 Å². The van der Waals surface area contributed by atoms with Gasteiger partial charge in [-0.2, -0.15) is 5.10 Å². The first kappa shape index (κ1) is 12.0. The van der Waals surface area contributed by atoms with E-state index in [2.05, 4.69) is 43.9 Å². The van der Waals surface area contributed by atoms with E-state index in [1.54, 1.807) is 0 Å². The summed E-state index contributed by atoms with van der Waals surface area (Å²) in [7, 11) is 1.93. The fourth-order valence-electron chi connectivity index (χ4n) is 2.63. The number of aryl methyl sites for hydroxylation is 1. The van der Waals surface area contributed by atoms with Crippen LogP contribution in [0.3, 0.4) is 0 Å². The van der Waals surface area contributed by atoms with Gasteiger partial charge in [0.1, 0.15) is 5.82 Å². The summed E-state index contributed by atoms with van der Waals surface area (Å²) < 4.78 is 3.96. The molecule has 0 unspecified atom stereocenters. The minimum absolute atomic E-state index is 0.770. The van der Waals surface area contributed by atoms with Crippen LogP contribution in [-0.2, 0) is 13.6 Å². The average Bonchev–Trinajstić information content (AvgIpc) is 3.19. The number of nitrogens with one attached hydrogen (secondary N) is 1. The van der Waals surface area contributed by atoms with E-state index in [1.807, 2.05) is 42.7 Å². The Balaban J connectivity index is 1.73. The third-order valence-electron chi connectivity index (χ3n) is 3.64. The fourth-order valence-corrected chi connectivity index (χ4v) is 2.63. The SMILES string of the molecule is Cn1cc(Cn2ccnc2-c2ccc3cc[nH]c3c2)cn1. The van der Waals surface area contributed by atoms with E-state index in [0.29, 0.717) is 0 Å². The van der Waals surface area contributed by atoms with Gasteiger partial charge in [0.15, 0.2) is 0 Å². The standard InChI is InChI=1S/C16H15N5/c1-20-10-12(9-19-20)11-21-7-6-18-16(21)14-3-2-13-4-5-17-15(13)8-14/h2-10,17H,11H2,1H3. The smallest absolute Gasteiger partial charge is 0.140 e. The van der Waals surface area contributed by atoms with Crippen molar-refractivity contribution in [2.75, 3.05) is 0 Å². The van der Waals surface area contributed by atoms with Gasteiger partial charge in [0, 0.05) is 48.5 Å². The van der Waals surface area contributed by atoms with Crippen LogP contribution in [0.5, 0.6) is 0 Å². The van der Waals surface area contributed by atoms with Gasteiger partial charge in [-0.25, -0.2) is 4.98 Å². The van der Waals surface area contributed by atoms with Gasteiger partial charge in [-0.3, -0.25) is 4.68 Å². The average molecular weight is 277 g/mol. The van der Waals surface area contributed by atoms with Crippen LogP contribution in [-0.4, -0.2) is 24.3 Å². The summed E-state index contributed by atoms with van der Waals surface area (Å²) in [4.78, 5) is 7.75. The Hall–Kier alpha value is -2.82. The number of H-pyrrole nitrogens is 1. The highest BCUT2D eigenvalue weighted by Gasteiger charge is 2.08. The van der Waals surface area contributed by atoms with Gasteiger partial charge in [-0.05, 0) is 17.5 Å². The highest BCUT2D eigenvalue weighted by atomic mass is 15.2. The third kappa shape index (κ3) is 2.12. The van der Waals surface area contributed by atoms with Crippen LogP contribution in [0, 0.1) is 0 Å². The molecular weight excluding hydrogens is 262 g/mol. The lowest BCUT2D eigenvalue weighted by Gasteiger charge is -2.06. The van der Waals surface area contributed by atoms with Gasteiger partial charge in [-0.15, -0.1) is 0 Å². The fraction of sp³-hybridized carbons (Fsp3) is 0.125. The summed E-state index contributed by atoms with van der Waals surface area (Å²) in [6.07, 6.45) is 9.71. The van der Waals surface area contributed by atoms with Crippen molar-refractivity contribution in [2.24, 2.45) is 7.05 Å². The second-order valence-corrected chi connectivity index (χ2v) is 5.18. The topological polar surface area (TPSA) is 51.4 Å². The van der Waals surface area contributed by atoms with Crippen molar-refractivity contribution in [1.82, 2.24) is 24.3 Å². The molecule has 0 radical (unpaired) electrons. The molecule has 0 aliphatic carbocycles. The Bertz CT molecular complexity index is 896. The molecule has 104 valence electrons. The van der Waals surface area contributed by atoms with E-state index in [-0.39, 0.29) is 0 Å². The molecule has 21 heavy (non-hydrogen) atoms. The van der Waals surface area contributed by atoms with Crippen LogP contribution < -0.4 is 0 Å². The molecule has 5 nitrogen and oxygen atoms in total. The van der Waals surface area contributed by atoms with Gasteiger partial charge in [-0.1, -0.05) is 12.1 Å². The lowest BCUT2D eigenvalue weighted by molar-refractivity contribution is 0.763. The maximum Gasteiger partial charge on any atom is 0.140 e. The van der Waals surface area contributed by atoms with Crippen molar-refractivity contribution in [3.8, 4) is 11.4 Å². The Morgan fingerprint density at radius 2 is 2.19 bits per heavy atom. The van der Waals surface area contributed by atoms with Gasteiger partial charge in [0.05, 0.1) is 12.7 Å². The summed E-state index contributed by atoms with van der Waals surface area (Å²) in [5.74, 6) is 0.968. The number of nitrogens with zero attached hydrogens (tertiary/aromatic N) is 4. The summed E-state index contributed by atoms with van der Waals surface area (Å²) >= 11 is 0. The molecule has 0 bridgehead atoms. The van der Waals surface area contributed by atoms with Crippen LogP contribution in [0.1, 0.15) is 5.56 Å². The van der Waals surface area contributed by atoms with Crippen LogP contribution in [0.25, 0.3) is 22.3 Å². The maximum absolute atomic E-state index is 4.50. The monoisotopic (exact) mass is 277 g/mol. The normalized spacial score (nSPS) is 11.3. The molecule has 0 atom stereocenters. The molecule has 0 aliphatic heterocycles. The van der Waals surface area contributed by atoms with Gasteiger partial charge in [0.2, 0.25) is 0 Å². The lowest BCUT2D eigenvalue weighted by Crippen LogP contribution is -2.00. The van der Waals surface area contributed by atoms with Gasteiger partial charge in [0.25, 0.3) is 0 Å². The largest absolute Gasteiger partial charge is 0.361 e. The highest BCUT2D eigenvalue weighted by molar-refractivity contribution is 5.83. The van der Waals surface area contributed by atoms with Crippen LogP contribution in [0.2, 0.25) is 0 Å². The minimum Gasteiger partial charge on any atom is -0.361 e. The van der Waals surface area contributed by atoms with Crippen LogP contribution in [0.15, 0.2) is 55.2 Å². The predicted molar refractivity (Wildman–Crippen MR) is 81.8 cm³/mol. The molecule has 1 aromatic carbocycles. The molecule has 0 saturated heterocycles. The van der Waals surface area contributed by atoms with Crippen molar-refractivity contribution >= 4 is 10.9 Å². The number of rotatable bonds is 3. The first-order chi connectivity index (χ1) is 10.3. The van der Waals surface area contributed by atoms with E-state index in [0.717, 1.165) is 29.0 Å². The number of imidazole rings is 1. The Labute approximate surface area is 121 Å². The van der Waals surface area contributed by atoms with Gasteiger partial charge < -0.3 is 9.55 Å². The zero-order chi connectivity index (χ0) is 14.2. The molecule has 4 aromatic rings. The lowest BCUT2D eigenvalue weighted by atomic mass is 10.1. The molecule has 1 N–H and O–H groups in total. The highest BCUT2D eigenvalue weighted by Crippen LogP contribution is 2.23. The Morgan fingerprint density at radius 1 is 1.24 bits per heavy atom. The predicted octanol–water partition coefficient (Wildman–Crippen LogP) is 2.81. The number of benzene rings is 1. The quantitative estimate of drug-likeness (QED) is 0.626. The van der Waals surface area contributed by atoms with Crippen molar-refractivity contribution in [3.63, 3.8) is 0 Å². The number of hydrogen-bond acceptors (Lipinski definition) is 2. The molecule has 0 saturated carbocycles. The zero-order valence-corrected chi connectivity index (χ0v) is 11.7. The summed E-state index contributed by atoms with van der Waals surface area (Å²) in [5, 5.41) is 5.42. The van der Waals surface area contributed by atoms with E-state index >= 15 is 0 Å². The molecule has 4 rings (SSSR count). The molecule has 0 aliphatic rings. The molecule has 5 heteroatoms.